The number of carbonyl (C=O) groups is 3. The molecule has 37 heavy (non-hydrogen) atoms. The molecule has 0 atom stereocenters. The summed E-state index contributed by atoms with van der Waals surface area (Å²) in [5, 5.41) is 23.9. The number of hydrogen-bond donors (Lipinski definition) is 4. The lowest BCUT2D eigenvalue weighted by Gasteiger charge is -2.37. The van der Waals surface area contributed by atoms with Crippen LogP contribution in [-0.4, -0.2) is 86.3 Å². The fourth-order valence-corrected chi connectivity index (χ4v) is 3.53. The van der Waals surface area contributed by atoms with Gasteiger partial charge in [-0.3, -0.25) is 14.4 Å². The number of hydrogen-bond acceptors (Lipinski definition) is 8. The number of rotatable bonds is 24. The van der Waals surface area contributed by atoms with Gasteiger partial charge in [-0.2, -0.15) is 0 Å². The summed E-state index contributed by atoms with van der Waals surface area (Å²) < 4.78 is 21.8. The van der Waals surface area contributed by atoms with Gasteiger partial charge in [0, 0.05) is 45.6 Å². The summed E-state index contributed by atoms with van der Waals surface area (Å²) in [5.41, 5.74) is -0.527. The molecule has 0 saturated heterocycles. The van der Waals surface area contributed by atoms with Crippen molar-refractivity contribution in [3.8, 4) is 0 Å². The normalized spacial score (nSPS) is 14.1. The van der Waals surface area contributed by atoms with Gasteiger partial charge in [0.2, 0.25) is 11.8 Å². The standard InChI is InChI=1S/C26H46N2O9/c1-26(2)25(33)21(37-26)9-5-3-4-6-10-22(29)27-13-7-15-34-17-19-36-20-18-35-16-8-14-28-23(30)11-12-24(31)32/h33H,3-20H2,1-2H3,(H,27,29)(H,28,30)(H,31,32). The van der Waals surface area contributed by atoms with Crippen LogP contribution in [0.2, 0.25) is 0 Å². The van der Waals surface area contributed by atoms with E-state index < -0.39 is 11.6 Å². The Bertz CT molecular complexity index is 710. The molecule has 1 aliphatic heterocycles. The molecule has 0 bridgehead atoms. The van der Waals surface area contributed by atoms with E-state index in [0.717, 1.165) is 38.5 Å². The van der Waals surface area contributed by atoms with Crippen LogP contribution >= 0.6 is 0 Å². The number of aliphatic hydroxyl groups is 1. The lowest BCUT2D eigenvalue weighted by atomic mass is 9.97. The van der Waals surface area contributed by atoms with Crippen LogP contribution in [-0.2, 0) is 33.3 Å². The van der Waals surface area contributed by atoms with Gasteiger partial charge in [0.05, 0.1) is 32.8 Å². The molecule has 0 aromatic rings. The van der Waals surface area contributed by atoms with Crippen LogP contribution in [0.5, 0.6) is 0 Å². The van der Waals surface area contributed by atoms with Gasteiger partial charge in [-0.15, -0.1) is 0 Å². The van der Waals surface area contributed by atoms with Gasteiger partial charge in [0.1, 0.15) is 5.76 Å². The maximum absolute atomic E-state index is 11.9. The number of carbonyl (C=O) groups excluding carboxylic acids is 2. The molecule has 0 aromatic heterocycles. The van der Waals surface area contributed by atoms with Gasteiger partial charge in [-0.25, -0.2) is 0 Å². The summed E-state index contributed by atoms with van der Waals surface area (Å²) in [7, 11) is 0. The zero-order valence-electron chi connectivity index (χ0n) is 22.5. The van der Waals surface area contributed by atoms with Crippen LogP contribution in [0.4, 0.5) is 0 Å². The minimum Gasteiger partial charge on any atom is -0.505 e. The van der Waals surface area contributed by atoms with Gasteiger partial charge >= 0.3 is 5.97 Å². The quantitative estimate of drug-likeness (QED) is 0.138. The third kappa shape index (κ3) is 16.9. The van der Waals surface area contributed by atoms with Crippen molar-refractivity contribution in [2.75, 3.05) is 52.7 Å². The average molecular weight is 531 g/mol. The molecule has 0 aromatic carbocycles. The Morgan fingerprint density at radius 1 is 0.730 bits per heavy atom. The number of aliphatic carboxylic acids is 1. The maximum atomic E-state index is 11.9. The van der Waals surface area contributed by atoms with E-state index in [1.165, 1.54) is 0 Å². The predicted octanol–water partition coefficient (Wildman–Crippen LogP) is 2.83. The lowest BCUT2D eigenvalue weighted by Crippen LogP contribution is -2.37. The Kier molecular flexibility index (Phi) is 17.4. The first-order valence-corrected chi connectivity index (χ1v) is 13.3. The largest absolute Gasteiger partial charge is 0.505 e. The van der Waals surface area contributed by atoms with Crippen LogP contribution < -0.4 is 10.6 Å². The average Bonchev–Trinajstić information content (AvgIpc) is 2.86. The smallest absolute Gasteiger partial charge is 0.303 e. The zero-order chi connectivity index (χ0) is 27.4. The maximum Gasteiger partial charge on any atom is 0.303 e. The minimum absolute atomic E-state index is 0.00985. The Hall–Kier alpha value is -2.37. The number of amides is 2. The number of unbranched alkanes of at least 4 members (excludes halogenated alkanes) is 3. The minimum atomic E-state index is -0.983. The molecule has 0 aliphatic carbocycles. The number of ether oxygens (including phenoxy) is 4. The van der Waals surface area contributed by atoms with Crippen molar-refractivity contribution >= 4 is 17.8 Å². The van der Waals surface area contributed by atoms with Gasteiger partial charge in [-0.05, 0) is 39.5 Å². The van der Waals surface area contributed by atoms with Crippen molar-refractivity contribution in [2.45, 2.75) is 83.7 Å². The van der Waals surface area contributed by atoms with Crippen LogP contribution in [0, 0.1) is 0 Å². The molecule has 0 saturated carbocycles. The second-order valence-electron chi connectivity index (χ2n) is 9.44. The van der Waals surface area contributed by atoms with Gasteiger partial charge in [-0.1, -0.05) is 12.8 Å². The highest BCUT2D eigenvalue weighted by Crippen LogP contribution is 2.37. The van der Waals surface area contributed by atoms with E-state index in [2.05, 4.69) is 10.6 Å². The number of allylic oxidation sites excluding steroid dienone is 1. The Morgan fingerprint density at radius 2 is 1.24 bits per heavy atom. The molecular weight excluding hydrogens is 484 g/mol. The van der Waals surface area contributed by atoms with Crippen molar-refractivity contribution < 1.29 is 43.5 Å². The van der Waals surface area contributed by atoms with Crippen molar-refractivity contribution in [3.63, 3.8) is 0 Å². The number of carboxylic acid groups (broad SMARTS) is 1. The predicted molar refractivity (Wildman–Crippen MR) is 137 cm³/mol. The summed E-state index contributed by atoms with van der Waals surface area (Å²) in [6, 6.07) is 0. The molecule has 0 radical (unpaired) electrons. The highest BCUT2D eigenvalue weighted by Gasteiger charge is 2.38. The van der Waals surface area contributed by atoms with E-state index in [1.807, 2.05) is 13.8 Å². The highest BCUT2D eigenvalue weighted by molar-refractivity contribution is 5.80. The molecule has 4 N–H and O–H groups in total. The summed E-state index contributed by atoms with van der Waals surface area (Å²) in [6.07, 6.45) is 6.29. The number of aliphatic hydroxyl groups excluding tert-OH is 1. The van der Waals surface area contributed by atoms with Crippen LogP contribution in [0.25, 0.3) is 0 Å². The van der Waals surface area contributed by atoms with Crippen molar-refractivity contribution in [1.82, 2.24) is 10.6 Å². The van der Waals surface area contributed by atoms with Crippen LogP contribution in [0.15, 0.2) is 11.5 Å². The topological polar surface area (TPSA) is 153 Å². The second kappa shape index (κ2) is 19.7. The Balaban J connectivity index is 1.75. The summed E-state index contributed by atoms with van der Waals surface area (Å²) >= 11 is 0. The molecule has 0 fully saturated rings. The summed E-state index contributed by atoms with van der Waals surface area (Å²) in [6.45, 7) is 7.63. The molecule has 1 aliphatic rings. The number of nitrogens with one attached hydrogen (secondary N) is 2. The summed E-state index contributed by atoms with van der Waals surface area (Å²) in [5.74, 6) is -0.123. The van der Waals surface area contributed by atoms with E-state index in [1.54, 1.807) is 0 Å². The first kappa shape index (κ1) is 32.7. The summed E-state index contributed by atoms with van der Waals surface area (Å²) in [4.78, 5) is 33.6. The zero-order valence-corrected chi connectivity index (χ0v) is 22.5. The molecule has 1 heterocycles. The second-order valence-corrected chi connectivity index (χ2v) is 9.44. The van der Waals surface area contributed by atoms with E-state index >= 15 is 0 Å². The van der Waals surface area contributed by atoms with Crippen LogP contribution in [0.1, 0.15) is 78.1 Å². The van der Waals surface area contributed by atoms with Gasteiger partial charge < -0.3 is 39.8 Å². The van der Waals surface area contributed by atoms with E-state index in [0.29, 0.717) is 77.1 Å². The van der Waals surface area contributed by atoms with E-state index in [-0.39, 0.29) is 24.7 Å². The van der Waals surface area contributed by atoms with E-state index in [4.69, 9.17) is 24.1 Å². The van der Waals surface area contributed by atoms with E-state index in [9.17, 15) is 19.5 Å². The monoisotopic (exact) mass is 530 g/mol. The molecule has 11 nitrogen and oxygen atoms in total. The van der Waals surface area contributed by atoms with Crippen molar-refractivity contribution in [3.05, 3.63) is 11.5 Å². The fraction of sp³-hybridized carbons (Fsp3) is 0.808. The third-order valence-corrected chi connectivity index (χ3v) is 5.66. The lowest BCUT2D eigenvalue weighted by molar-refractivity contribution is -0.138. The Morgan fingerprint density at radius 3 is 1.76 bits per heavy atom. The molecule has 1 rings (SSSR count). The molecular formula is C26H46N2O9. The number of carboxylic acids is 1. The van der Waals surface area contributed by atoms with Crippen LogP contribution in [0.3, 0.4) is 0 Å². The van der Waals surface area contributed by atoms with Crippen molar-refractivity contribution in [1.29, 1.82) is 0 Å². The molecule has 214 valence electrons. The molecule has 2 amide bonds. The van der Waals surface area contributed by atoms with Crippen molar-refractivity contribution in [2.24, 2.45) is 0 Å². The SMILES string of the molecule is CC1(C)OC(CCCCCCC(=O)NCCCOCCOCCOCCCNC(=O)CCC(=O)O)=C1O. The third-order valence-electron chi connectivity index (χ3n) is 5.66. The molecule has 11 heteroatoms. The molecule has 0 unspecified atom stereocenters. The fourth-order valence-electron chi connectivity index (χ4n) is 3.53. The first-order chi connectivity index (χ1) is 17.7. The Labute approximate surface area is 220 Å². The molecule has 0 spiro atoms. The van der Waals surface area contributed by atoms with Gasteiger partial charge in [0.15, 0.2) is 11.4 Å². The first-order valence-electron chi connectivity index (χ1n) is 13.3. The van der Waals surface area contributed by atoms with Gasteiger partial charge in [0.25, 0.3) is 0 Å². The highest BCUT2D eigenvalue weighted by atomic mass is 16.6.